The maximum Gasteiger partial charge on any atom is 0.310 e. The summed E-state index contributed by atoms with van der Waals surface area (Å²) < 4.78 is 12.1. The predicted molar refractivity (Wildman–Crippen MR) is 206 cm³/mol. The van der Waals surface area contributed by atoms with Gasteiger partial charge in [0.25, 0.3) is 0 Å². The highest BCUT2D eigenvalue weighted by molar-refractivity contribution is 5.82. The van der Waals surface area contributed by atoms with Gasteiger partial charge in [0.1, 0.15) is 0 Å². The number of unbranched alkanes of at least 4 members (excludes halogenated alkanes) is 20. The Labute approximate surface area is 299 Å². The topological polar surface area (TPSA) is 52.6 Å². The minimum Gasteiger partial charge on any atom is -0.465 e. The zero-order valence-corrected chi connectivity index (χ0v) is 32.7. The van der Waals surface area contributed by atoms with Crippen molar-refractivity contribution < 1.29 is 19.1 Å². The molecule has 0 aromatic rings. The van der Waals surface area contributed by atoms with E-state index in [1.54, 1.807) is 0 Å². The first-order valence-corrected chi connectivity index (χ1v) is 21.5. The molecule has 282 valence electrons. The zero-order valence-electron chi connectivity index (χ0n) is 32.7. The summed E-state index contributed by atoms with van der Waals surface area (Å²) >= 11 is 0. The van der Waals surface area contributed by atoms with Gasteiger partial charge in [0.15, 0.2) is 0 Å². The van der Waals surface area contributed by atoms with E-state index in [2.05, 4.69) is 39.8 Å². The van der Waals surface area contributed by atoms with Crippen molar-refractivity contribution in [3.8, 4) is 0 Å². The number of ether oxygens (including phenoxy) is 2. The minimum absolute atomic E-state index is 0.188. The highest BCUT2D eigenvalue weighted by Gasteiger charge is 2.36. The van der Waals surface area contributed by atoms with Gasteiger partial charge in [-0.15, -0.1) is 0 Å². The standard InChI is InChI=1S/C44H82O4/c1-5-9-13-17-19-23-27-33-39(31-25-21-15-11-7-3)37-47-43(45)41-35-29-30-36-42(41)44(46)48-38-40(32-26-22-16-12-8-4)34-28-24-20-18-14-10-6-2/h29-30,39-42H,5-28,31-38H2,1-4H3. The van der Waals surface area contributed by atoms with E-state index in [1.807, 2.05) is 0 Å². The second kappa shape index (κ2) is 32.9. The van der Waals surface area contributed by atoms with Gasteiger partial charge >= 0.3 is 11.9 Å². The number of hydrogen-bond donors (Lipinski definition) is 0. The molecule has 4 nitrogen and oxygen atoms in total. The number of carbonyl (C=O) groups is 2. The van der Waals surface area contributed by atoms with Crippen molar-refractivity contribution >= 4 is 11.9 Å². The first-order chi connectivity index (χ1) is 23.6. The van der Waals surface area contributed by atoms with Crippen LogP contribution in [0.3, 0.4) is 0 Å². The lowest BCUT2D eigenvalue weighted by Crippen LogP contribution is -2.35. The lowest BCUT2D eigenvalue weighted by Gasteiger charge is -2.27. The van der Waals surface area contributed by atoms with Crippen molar-refractivity contribution in [3.05, 3.63) is 12.2 Å². The molecule has 0 aromatic carbocycles. The first-order valence-electron chi connectivity index (χ1n) is 21.5. The van der Waals surface area contributed by atoms with Gasteiger partial charge in [-0.2, -0.15) is 0 Å². The van der Waals surface area contributed by atoms with Crippen molar-refractivity contribution in [2.45, 2.75) is 220 Å². The molecule has 0 radical (unpaired) electrons. The zero-order chi connectivity index (χ0) is 34.9. The first kappa shape index (κ1) is 44.7. The van der Waals surface area contributed by atoms with Crippen molar-refractivity contribution in [1.82, 2.24) is 0 Å². The van der Waals surface area contributed by atoms with E-state index in [0.29, 0.717) is 37.9 Å². The van der Waals surface area contributed by atoms with Crippen LogP contribution in [-0.2, 0) is 19.1 Å². The molecule has 0 saturated heterocycles. The van der Waals surface area contributed by atoms with Crippen LogP contribution < -0.4 is 0 Å². The van der Waals surface area contributed by atoms with Crippen molar-refractivity contribution in [2.24, 2.45) is 23.7 Å². The van der Waals surface area contributed by atoms with E-state index in [4.69, 9.17) is 9.47 Å². The summed E-state index contributed by atoms with van der Waals surface area (Å²) in [4.78, 5) is 27.0. The second-order valence-electron chi connectivity index (χ2n) is 15.4. The Hall–Kier alpha value is -1.32. The van der Waals surface area contributed by atoms with Crippen LogP contribution in [0.2, 0.25) is 0 Å². The highest BCUT2D eigenvalue weighted by Crippen LogP contribution is 2.30. The Morgan fingerprint density at radius 1 is 0.438 bits per heavy atom. The molecular weight excluding hydrogens is 592 g/mol. The number of hydrogen-bond acceptors (Lipinski definition) is 4. The molecule has 0 aromatic heterocycles. The SMILES string of the molecule is CCCCCCCCCC(CCCCCCC)COC(=O)C1CC=CCC1C(=O)OCC(CCCCCCC)CCCCCCCCC. The number of esters is 2. The van der Waals surface area contributed by atoms with Gasteiger partial charge in [0, 0.05) is 0 Å². The molecular formula is C44H82O4. The summed E-state index contributed by atoms with van der Waals surface area (Å²) in [5.74, 6) is -0.343. The summed E-state index contributed by atoms with van der Waals surface area (Å²) in [5, 5.41) is 0. The molecule has 0 amide bonds. The van der Waals surface area contributed by atoms with Gasteiger partial charge in [-0.3, -0.25) is 9.59 Å². The molecule has 1 rings (SSSR count). The van der Waals surface area contributed by atoms with Gasteiger partial charge in [-0.25, -0.2) is 0 Å². The monoisotopic (exact) mass is 675 g/mol. The summed E-state index contributed by atoms with van der Waals surface area (Å²) in [6.45, 7) is 10.1. The highest BCUT2D eigenvalue weighted by atomic mass is 16.5. The van der Waals surface area contributed by atoms with Crippen LogP contribution >= 0.6 is 0 Å². The summed E-state index contributed by atoms with van der Waals surface area (Å²) in [6.07, 6.45) is 40.9. The molecule has 0 heterocycles. The molecule has 1 aliphatic rings. The minimum atomic E-state index is -0.415. The predicted octanol–water partition coefficient (Wildman–Crippen LogP) is 13.9. The van der Waals surface area contributed by atoms with Gasteiger partial charge in [-0.05, 0) is 50.4 Å². The number of carbonyl (C=O) groups excluding carboxylic acids is 2. The Balaban J connectivity index is 2.64. The smallest absolute Gasteiger partial charge is 0.310 e. The fraction of sp³-hybridized carbons (Fsp3) is 0.909. The molecule has 0 fully saturated rings. The Morgan fingerprint density at radius 2 is 0.688 bits per heavy atom. The molecule has 4 unspecified atom stereocenters. The van der Waals surface area contributed by atoms with Crippen LogP contribution in [0.25, 0.3) is 0 Å². The van der Waals surface area contributed by atoms with E-state index in [0.717, 1.165) is 25.7 Å². The Bertz CT molecular complexity index is 699. The average molecular weight is 675 g/mol. The lowest BCUT2D eigenvalue weighted by molar-refractivity contribution is -0.162. The molecule has 4 heteroatoms. The number of rotatable bonds is 34. The summed E-state index contributed by atoms with van der Waals surface area (Å²) in [6, 6.07) is 0. The fourth-order valence-corrected chi connectivity index (χ4v) is 7.42. The van der Waals surface area contributed by atoms with Crippen LogP contribution in [0.5, 0.6) is 0 Å². The molecule has 48 heavy (non-hydrogen) atoms. The van der Waals surface area contributed by atoms with Crippen LogP contribution in [0.15, 0.2) is 12.2 Å². The van der Waals surface area contributed by atoms with Crippen molar-refractivity contribution in [1.29, 1.82) is 0 Å². The van der Waals surface area contributed by atoms with Gasteiger partial charge < -0.3 is 9.47 Å². The normalized spacial score (nSPS) is 17.3. The summed E-state index contributed by atoms with van der Waals surface area (Å²) in [5.41, 5.74) is 0. The number of allylic oxidation sites excluding steroid dienone is 2. The third-order valence-electron chi connectivity index (χ3n) is 10.8. The lowest BCUT2D eigenvalue weighted by atomic mass is 9.83. The molecule has 1 aliphatic carbocycles. The third-order valence-corrected chi connectivity index (χ3v) is 10.8. The Kier molecular flexibility index (Phi) is 30.6. The maximum absolute atomic E-state index is 13.5. The molecule has 4 atom stereocenters. The van der Waals surface area contributed by atoms with E-state index in [1.165, 1.54) is 154 Å². The quantitative estimate of drug-likeness (QED) is 0.0387. The van der Waals surface area contributed by atoms with Crippen LogP contribution in [-0.4, -0.2) is 25.2 Å². The van der Waals surface area contributed by atoms with Crippen LogP contribution in [0, 0.1) is 23.7 Å². The van der Waals surface area contributed by atoms with E-state index in [9.17, 15) is 9.59 Å². The maximum atomic E-state index is 13.5. The molecule has 0 bridgehead atoms. The summed E-state index contributed by atoms with van der Waals surface area (Å²) in [7, 11) is 0. The fourth-order valence-electron chi connectivity index (χ4n) is 7.42. The van der Waals surface area contributed by atoms with Crippen LogP contribution in [0.1, 0.15) is 220 Å². The van der Waals surface area contributed by atoms with E-state index in [-0.39, 0.29) is 11.9 Å². The second-order valence-corrected chi connectivity index (χ2v) is 15.4. The van der Waals surface area contributed by atoms with Crippen molar-refractivity contribution in [3.63, 3.8) is 0 Å². The molecule has 0 saturated carbocycles. The molecule has 0 aliphatic heterocycles. The van der Waals surface area contributed by atoms with Gasteiger partial charge in [0.2, 0.25) is 0 Å². The average Bonchev–Trinajstić information content (AvgIpc) is 3.10. The van der Waals surface area contributed by atoms with Crippen molar-refractivity contribution in [2.75, 3.05) is 13.2 Å². The van der Waals surface area contributed by atoms with E-state index >= 15 is 0 Å². The van der Waals surface area contributed by atoms with Gasteiger partial charge in [0.05, 0.1) is 25.0 Å². The van der Waals surface area contributed by atoms with Gasteiger partial charge in [-0.1, -0.05) is 194 Å². The van der Waals surface area contributed by atoms with Crippen LogP contribution in [0.4, 0.5) is 0 Å². The third kappa shape index (κ3) is 23.9. The van der Waals surface area contributed by atoms with E-state index < -0.39 is 11.8 Å². The Morgan fingerprint density at radius 3 is 0.958 bits per heavy atom. The largest absolute Gasteiger partial charge is 0.465 e. The molecule has 0 N–H and O–H groups in total. The molecule has 0 spiro atoms.